The lowest BCUT2D eigenvalue weighted by molar-refractivity contribution is -0.0704. The van der Waals surface area contributed by atoms with Crippen molar-refractivity contribution in [3.63, 3.8) is 0 Å². The molecule has 4 rings (SSSR count). The van der Waals surface area contributed by atoms with Gasteiger partial charge in [-0.3, -0.25) is 9.69 Å². The summed E-state index contributed by atoms with van der Waals surface area (Å²) in [4.78, 5) is 14.9. The number of ether oxygens (including phenoxy) is 3. The molecule has 1 aliphatic heterocycles. The van der Waals surface area contributed by atoms with Gasteiger partial charge in [-0.2, -0.15) is 0 Å². The molecule has 0 bridgehead atoms. The number of benzene rings is 2. The molecule has 7 heteroatoms. The lowest BCUT2D eigenvalue weighted by atomic mass is 10.1. The molecule has 1 saturated heterocycles. The van der Waals surface area contributed by atoms with Crippen molar-refractivity contribution < 1.29 is 23.4 Å². The largest absolute Gasteiger partial charge is 0.493 e. The van der Waals surface area contributed by atoms with E-state index in [0.29, 0.717) is 23.8 Å². The summed E-state index contributed by atoms with van der Waals surface area (Å²) in [5.74, 6) is 1.82. The summed E-state index contributed by atoms with van der Waals surface area (Å²) in [6.07, 6.45) is 0.515. The zero-order chi connectivity index (χ0) is 23.9. The molecule has 0 spiro atoms. The molecule has 180 valence electrons. The number of rotatable bonds is 9. The van der Waals surface area contributed by atoms with Gasteiger partial charge < -0.3 is 23.9 Å². The maximum atomic E-state index is 12.5. The molecule has 1 amide bonds. The monoisotopic (exact) mass is 464 g/mol. The van der Waals surface area contributed by atoms with Gasteiger partial charge in [0.05, 0.1) is 19.3 Å². The van der Waals surface area contributed by atoms with Gasteiger partial charge in [0.15, 0.2) is 17.3 Å². The summed E-state index contributed by atoms with van der Waals surface area (Å²) in [5.41, 5.74) is 2.29. The van der Waals surface area contributed by atoms with E-state index in [9.17, 15) is 4.79 Å². The third-order valence-electron chi connectivity index (χ3n) is 5.70. The molecule has 1 fully saturated rings. The number of methoxy groups -OCH3 is 1. The molecular formula is C27H32N2O5. The van der Waals surface area contributed by atoms with Gasteiger partial charge in [-0.25, -0.2) is 0 Å². The zero-order valence-corrected chi connectivity index (χ0v) is 20.0. The molecule has 2 aromatic carbocycles. The highest BCUT2D eigenvalue weighted by Gasteiger charge is 2.22. The van der Waals surface area contributed by atoms with E-state index in [1.165, 1.54) is 5.56 Å². The number of carbonyl (C=O) groups is 1. The normalized spacial score (nSPS) is 18.4. The molecule has 0 radical (unpaired) electrons. The van der Waals surface area contributed by atoms with Gasteiger partial charge >= 0.3 is 0 Å². The van der Waals surface area contributed by atoms with Crippen LogP contribution in [0.25, 0.3) is 0 Å². The number of hydrogen-bond acceptors (Lipinski definition) is 6. The van der Waals surface area contributed by atoms with E-state index in [4.69, 9.17) is 18.6 Å². The average molecular weight is 465 g/mol. The Bertz CT molecular complexity index is 1070. The van der Waals surface area contributed by atoms with Gasteiger partial charge in [-0.1, -0.05) is 36.4 Å². The fourth-order valence-corrected chi connectivity index (χ4v) is 4.17. The summed E-state index contributed by atoms with van der Waals surface area (Å²) in [5, 5.41) is 2.91. The lowest BCUT2D eigenvalue weighted by Gasteiger charge is -2.35. The van der Waals surface area contributed by atoms with Gasteiger partial charge in [0.1, 0.15) is 12.4 Å². The van der Waals surface area contributed by atoms with Gasteiger partial charge in [-0.05, 0) is 49.2 Å². The van der Waals surface area contributed by atoms with Crippen LogP contribution in [-0.4, -0.2) is 43.2 Å². The third kappa shape index (κ3) is 6.40. The molecule has 1 aliphatic rings. The Morgan fingerprint density at radius 3 is 2.35 bits per heavy atom. The second kappa shape index (κ2) is 11.2. The Kier molecular flexibility index (Phi) is 7.87. The predicted molar refractivity (Wildman–Crippen MR) is 129 cm³/mol. The Labute approximate surface area is 200 Å². The number of furan rings is 1. The van der Waals surface area contributed by atoms with Crippen molar-refractivity contribution in [1.29, 1.82) is 0 Å². The van der Waals surface area contributed by atoms with Gasteiger partial charge in [0.25, 0.3) is 5.91 Å². The first-order valence-electron chi connectivity index (χ1n) is 11.6. The van der Waals surface area contributed by atoms with E-state index in [-0.39, 0.29) is 30.5 Å². The fourth-order valence-electron chi connectivity index (χ4n) is 4.17. The van der Waals surface area contributed by atoms with Crippen molar-refractivity contribution in [3.8, 4) is 11.5 Å². The molecule has 7 nitrogen and oxygen atoms in total. The minimum atomic E-state index is -0.260. The quantitative estimate of drug-likeness (QED) is 0.506. The van der Waals surface area contributed by atoms with E-state index in [2.05, 4.69) is 48.3 Å². The van der Waals surface area contributed by atoms with Crippen molar-refractivity contribution in [2.75, 3.05) is 20.2 Å². The first-order valence-corrected chi connectivity index (χ1v) is 11.6. The predicted octanol–water partition coefficient (Wildman–Crippen LogP) is 4.41. The number of hydrogen-bond donors (Lipinski definition) is 1. The standard InChI is InChI=1S/C27H32N2O5/c1-19-15-29(16-20(2)33-19)17-22-10-8-21(9-11-22)14-28-27(30)26-13-12-23(34-26)18-32-25-7-5-4-6-24(25)31-3/h4-13,19-20H,14-18H2,1-3H3,(H,28,30). The summed E-state index contributed by atoms with van der Waals surface area (Å²) in [7, 11) is 1.59. The fraction of sp³-hybridized carbons (Fsp3) is 0.370. The van der Waals surface area contributed by atoms with Crippen molar-refractivity contribution in [2.24, 2.45) is 0 Å². The molecule has 2 atom stereocenters. The smallest absolute Gasteiger partial charge is 0.287 e. The third-order valence-corrected chi connectivity index (χ3v) is 5.70. The van der Waals surface area contributed by atoms with Crippen molar-refractivity contribution >= 4 is 5.91 Å². The molecule has 0 aliphatic carbocycles. The van der Waals surface area contributed by atoms with E-state index in [0.717, 1.165) is 25.2 Å². The van der Waals surface area contributed by atoms with Crippen LogP contribution in [0.3, 0.4) is 0 Å². The number of para-hydroxylation sites is 2. The topological polar surface area (TPSA) is 73.2 Å². The van der Waals surface area contributed by atoms with Crippen LogP contribution >= 0.6 is 0 Å². The van der Waals surface area contributed by atoms with E-state index >= 15 is 0 Å². The van der Waals surface area contributed by atoms with Crippen molar-refractivity contribution in [3.05, 3.63) is 83.3 Å². The lowest BCUT2D eigenvalue weighted by Crippen LogP contribution is -2.44. The summed E-state index contributed by atoms with van der Waals surface area (Å²) < 4.78 is 22.5. The van der Waals surface area contributed by atoms with Crippen LogP contribution in [0.4, 0.5) is 0 Å². The van der Waals surface area contributed by atoms with Crippen LogP contribution in [0.2, 0.25) is 0 Å². The SMILES string of the molecule is COc1ccccc1OCc1ccc(C(=O)NCc2ccc(CN3CC(C)OC(C)C3)cc2)o1. The van der Waals surface area contributed by atoms with Crippen LogP contribution in [0, 0.1) is 0 Å². The minimum absolute atomic E-state index is 0.204. The highest BCUT2D eigenvalue weighted by molar-refractivity contribution is 5.91. The molecular weight excluding hydrogens is 432 g/mol. The van der Waals surface area contributed by atoms with Gasteiger partial charge in [0, 0.05) is 26.2 Å². The maximum absolute atomic E-state index is 12.5. The van der Waals surface area contributed by atoms with Crippen LogP contribution in [0.1, 0.15) is 41.3 Å². The maximum Gasteiger partial charge on any atom is 0.287 e. The van der Waals surface area contributed by atoms with Crippen LogP contribution in [0.15, 0.2) is 65.1 Å². The average Bonchev–Trinajstić information content (AvgIpc) is 3.31. The van der Waals surface area contributed by atoms with Gasteiger partial charge in [0.2, 0.25) is 0 Å². The molecule has 3 aromatic rings. The molecule has 2 unspecified atom stereocenters. The zero-order valence-electron chi connectivity index (χ0n) is 20.0. The number of morpholine rings is 1. The Morgan fingerprint density at radius 1 is 0.971 bits per heavy atom. The highest BCUT2D eigenvalue weighted by Crippen LogP contribution is 2.26. The number of amides is 1. The second-order valence-electron chi connectivity index (χ2n) is 8.66. The molecule has 34 heavy (non-hydrogen) atoms. The summed E-state index contributed by atoms with van der Waals surface area (Å²) in [6.45, 7) is 7.65. The highest BCUT2D eigenvalue weighted by atomic mass is 16.5. The first-order chi connectivity index (χ1) is 16.5. The first kappa shape index (κ1) is 23.9. The van der Waals surface area contributed by atoms with E-state index in [1.807, 2.05) is 24.3 Å². The summed E-state index contributed by atoms with van der Waals surface area (Å²) in [6, 6.07) is 19.1. The Balaban J connectivity index is 1.25. The van der Waals surface area contributed by atoms with Crippen molar-refractivity contribution in [2.45, 2.75) is 45.8 Å². The van der Waals surface area contributed by atoms with Crippen LogP contribution < -0.4 is 14.8 Å². The minimum Gasteiger partial charge on any atom is -0.493 e. The van der Waals surface area contributed by atoms with Gasteiger partial charge in [-0.15, -0.1) is 0 Å². The van der Waals surface area contributed by atoms with Crippen molar-refractivity contribution in [1.82, 2.24) is 10.2 Å². The Morgan fingerprint density at radius 2 is 1.65 bits per heavy atom. The molecule has 1 N–H and O–H groups in total. The van der Waals surface area contributed by atoms with E-state index in [1.54, 1.807) is 19.2 Å². The Hall–Kier alpha value is -3.29. The van der Waals surface area contributed by atoms with Crippen LogP contribution in [0.5, 0.6) is 11.5 Å². The number of nitrogens with zero attached hydrogens (tertiary/aromatic N) is 1. The van der Waals surface area contributed by atoms with Crippen LogP contribution in [-0.2, 0) is 24.4 Å². The summed E-state index contributed by atoms with van der Waals surface area (Å²) >= 11 is 0. The van der Waals surface area contributed by atoms with E-state index < -0.39 is 0 Å². The molecule has 1 aromatic heterocycles. The number of carbonyl (C=O) groups excluding carboxylic acids is 1. The number of nitrogens with one attached hydrogen (secondary N) is 1. The second-order valence-corrected chi connectivity index (χ2v) is 8.66. The molecule has 2 heterocycles. The molecule has 0 saturated carbocycles.